The van der Waals surface area contributed by atoms with Gasteiger partial charge in [-0.15, -0.1) is 0 Å². The SMILES string of the molecule is CCCCCNC(=O)COc1ccc2ncccc2c1. The number of amides is 1. The van der Waals surface area contributed by atoms with Gasteiger partial charge in [-0.3, -0.25) is 9.78 Å². The number of nitrogens with zero attached hydrogens (tertiary/aromatic N) is 1. The molecule has 106 valence electrons. The van der Waals surface area contributed by atoms with Gasteiger partial charge in [0, 0.05) is 18.1 Å². The summed E-state index contributed by atoms with van der Waals surface area (Å²) in [6.45, 7) is 2.91. The van der Waals surface area contributed by atoms with Crippen LogP contribution in [0.1, 0.15) is 26.2 Å². The van der Waals surface area contributed by atoms with Crippen LogP contribution in [0.2, 0.25) is 0 Å². The number of hydrogen-bond donors (Lipinski definition) is 1. The van der Waals surface area contributed by atoms with Crippen LogP contribution >= 0.6 is 0 Å². The van der Waals surface area contributed by atoms with Crippen LogP contribution in [0.15, 0.2) is 36.5 Å². The molecule has 0 aliphatic rings. The van der Waals surface area contributed by atoms with Crippen LogP contribution in [0.4, 0.5) is 0 Å². The summed E-state index contributed by atoms with van der Waals surface area (Å²) in [4.78, 5) is 15.8. The minimum atomic E-state index is -0.0765. The van der Waals surface area contributed by atoms with Gasteiger partial charge in [0.15, 0.2) is 6.61 Å². The Labute approximate surface area is 119 Å². The predicted molar refractivity (Wildman–Crippen MR) is 79.8 cm³/mol. The lowest BCUT2D eigenvalue weighted by molar-refractivity contribution is -0.123. The van der Waals surface area contributed by atoms with Crippen LogP contribution < -0.4 is 10.1 Å². The average molecular weight is 272 g/mol. The van der Waals surface area contributed by atoms with Crippen LogP contribution in [-0.2, 0) is 4.79 Å². The maximum atomic E-state index is 11.6. The minimum absolute atomic E-state index is 0.0535. The fourth-order valence-electron chi connectivity index (χ4n) is 1.95. The van der Waals surface area contributed by atoms with Crippen molar-refractivity contribution in [2.24, 2.45) is 0 Å². The zero-order chi connectivity index (χ0) is 14.2. The van der Waals surface area contributed by atoms with Crippen molar-refractivity contribution >= 4 is 16.8 Å². The molecular weight excluding hydrogens is 252 g/mol. The Morgan fingerprint density at radius 3 is 3.05 bits per heavy atom. The van der Waals surface area contributed by atoms with Gasteiger partial charge in [-0.05, 0) is 30.7 Å². The lowest BCUT2D eigenvalue weighted by Crippen LogP contribution is -2.29. The van der Waals surface area contributed by atoms with E-state index < -0.39 is 0 Å². The lowest BCUT2D eigenvalue weighted by atomic mass is 10.2. The number of fused-ring (bicyclic) bond motifs is 1. The van der Waals surface area contributed by atoms with Crippen molar-refractivity contribution in [3.63, 3.8) is 0 Å². The number of hydrogen-bond acceptors (Lipinski definition) is 3. The molecule has 0 aliphatic carbocycles. The predicted octanol–water partition coefficient (Wildman–Crippen LogP) is 2.92. The fraction of sp³-hybridized carbons (Fsp3) is 0.375. The quantitative estimate of drug-likeness (QED) is 0.788. The monoisotopic (exact) mass is 272 g/mol. The van der Waals surface area contributed by atoms with E-state index in [0.717, 1.165) is 36.7 Å². The third kappa shape index (κ3) is 4.23. The van der Waals surface area contributed by atoms with Crippen LogP contribution in [0, 0.1) is 0 Å². The molecule has 1 aromatic heterocycles. The van der Waals surface area contributed by atoms with Crippen LogP contribution in [0.5, 0.6) is 5.75 Å². The Balaban J connectivity index is 1.81. The Hall–Kier alpha value is -2.10. The maximum Gasteiger partial charge on any atom is 0.257 e. The van der Waals surface area contributed by atoms with Crippen molar-refractivity contribution < 1.29 is 9.53 Å². The molecular formula is C16H20N2O2. The minimum Gasteiger partial charge on any atom is -0.484 e. The van der Waals surface area contributed by atoms with E-state index in [1.165, 1.54) is 0 Å². The van der Waals surface area contributed by atoms with Crippen LogP contribution in [0.3, 0.4) is 0 Å². The molecule has 1 heterocycles. The van der Waals surface area contributed by atoms with Gasteiger partial charge in [0.25, 0.3) is 5.91 Å². The molecule has 2 aromatic rings. The number of ether oxygens (including phenoxy) is 1. The first-order valence-corrected chi connectivity index (χ1v) is 7.04. The van der Waals surface area contributed by atoms with Gasteiger partial charge in [0.05, 0.1) is 5.52 Å². The van der Waals surface area contributed by atoms with Crippen LogP contribution in [-0.4, -0.2) is 24.0 Å². The second-order valence-corrected chi connectivity index (χ2v) is 4.70. The normalized spacial score (nSPS) is 10.4. The molecule has 1 amide bonds. The second-order valence-electron chi connectivity index (χ2n) is 4.70. The molecule has 0 aliphatic heterocycles. The van der Waals surface area contributed by atoms with E-state index in [0.29, 0.717) is 5.75 Å². The molecule has 1 N–H and O–H groups in total. The summed E-state index contributed by atoms with van der Waals surface area (Å²) in [6.07, 6.45) is 5.06. The molecule has 20 heavy (non-hydrogen) atoms. The van der Waals surface area contributed by atoms with Crippen molar-refractivity contribution in [2.45, 2.75) is 26.2 Å². The molecule has 0 bridgehead atoms. The topological polar surface area (TPSA) is 51.2 Å². The van der Waals surface area contributed by atoms with Gasteiger partial charge < -0.3 is 10.1 Å². The number of carbonyl (C=O) groups is 1. The third-order valence-corrected chi connectivity index (χ3v) is 3.05. The van der Waals surface area contributed by atoms with E-state index in [1.807, 2.05) is 30.3 Å². The van der Waals surface area contributed by atoms with Gasteiger partial charge in [-0.1, -0.05) is 25.8 Å². The summed E-state index contributed by atoms with van der Waals surface area (Å²) >= 11 is 0. The Bertz CT molecular complexity index is 569. The number of nitrogens with one attached hydrogen (secondary N) is 1. The molecule has 0 radical (unpaired) electrons. The van der Waals surface area contributed by atoms with Crippen molar-refractivity contribution in [1.82, 2.24) is 10.3 Å². The smallest absolute Gasteiger partial charge is 0.257 e. The molecule has 4 heteroatoms. The first-order chi connectivity index (χ1) is 9.79. The summed E-state index contributed by atoms with van der Waals surface area (Å²) in [5.74, 6) is 0.613. The van der Waals surface area contributed by atoms with Gasteiger partial charge in [-0.2, -0.15) is 0 Å². The zero-order valence-corrected chi connectivity index (χ0v) is 11.8. The van der Waals surface area contributed by atoms with Gasteiger partial charge in [-0.25, -0.2) is 0 Å². The highest BCUT2D eigenvalue weighted by Gasteiger charge is 2.03. The van der Waals surface area contributed by atoms with Gasteiger partial charge >= 0.3 is 0 Å². The first kappa shape index (κ1) is 14.3. The maximum absolute atomic E-state index is 11.6. The molecule has 0 saturated carbocycles. The molecule has 0 atom stereocenters. The molecule has 0 spiro atoms. The van der Waals surface area contributed by atoms with Crippen LogP contribution in [0.25, 0.3) is 10.9 Å². The highest BCUT2D eigenvalue weighted by molar-refractivity contribution is 5.80. The van der Waals surface area contributed by atoms with Crippen molar-refractivity contribution in [3.05, 3.63) is 36.5 Å². The number of aromatic nitrogens is 1. The number of unbranched alkanes of at least 4 members (excludes halogenated alkanes) is 2. The molecule has 2 rings (SSSR count). The fourth-order valence-corrected chi connectivity index (χ4v) is 1.95. The van der Waals surface area contributed by atoms with Gasteiger partial charge in [0.1, 0.15) is 5.75 Å². The molecule has 0 unspecified atom stereocenters. The largest absolute Gasteiger partial charge is 0.484 e. The van der Waals surface area contributed by atoms with Crippen molar-refractivity contribution in [2.75, 3.05) is 13.2 Å². The zero-order valence-electron chi connectivity index (χ0n) is 11.8. The highest BCUT2D eigenvalue weighted by Crippen LogP contribution is 2.18. The summed E-state index contributed by atoms with van der Waals surface area (Å²) in [5, 5.41) is 3.86. The number of benzene rings is 1. The van der Waals surface area contributed by atoms with E-state index in [2.05, 4.69) is 17.2 Å². The molecule has 1 aromatic carbocycles. The van der Waals surface area contributed by atoms with E-state index in [-0.39, 0.29) is 12.5 Å². The summed E-state index contributed by atoms with van der Waals surface area (Å²) < 4.78 is 5.49. The van der Waals surface area contributed by atoms with Gasteiger partial charge in [0.2, 0.25) is 0 Å². The first-order valence-electron chi connectivity index (χ1n) is 7.04. The summed E-state index contributed by atoms with van der Waals surface area (Å²) in [5.41, 5.74) is 0.920. The van der Waals surface area contributed by atoms with Crippen molar-refractivity contribution in [1.29, 1.82) is 0 Å². The number of pyridine rings is 1. The summed E-state index contributed by atoms with van der Waals surface area (Å²) in [7, 11) is 0. The third-order valence-electron chi connectivity index (χ3n) is 3.05. The second kappa shape index (κ2) is 7.48. The number of rotatable bonds is 7. The number of carbonyl (C=O) groups excluding carboxylic acids is 1. The molecule has 0 fully saturated rings. The molecule has 4 nitrogen and oxygen atoms in total. The van der Waals surface area contributed by atoms with E-state index in [1.54, 1.807) is 6.20 Å². The van der Waals surface area contributed by atoms with Crippen molar-refractivity contribution in [3.8, 4) is 5.75 Å². The Morgan fingerprint density at radius 1 is 1.30 bits per heavy atom. The van der Waals surface area contributed by atoms with E-state index in [9.17, 15) is 4.79 Å². The van der Waals surface area contributed by atoms with E-state index >= 15 is 0 Å². The highest BCUT2D eigenvalue weighted by atomic mass is 16.5. The Morgan fingerprint density at radius 2 is 2.20 bits per heavy atom. The average Bonchev–Trinajstić information content (AvgIpc) is 2.49. The summed E-state index contributed by atoms with van der Waals surface area (Å²) in [6, 6.07) is 9.47. The van der Waals surface area contributed by atoms with E-state index in [4.69, 9.17) is 4.74 Å². The Kier molecular flexibility index (Phi) is 5.35. The standard InChI is InChI=1S/C16H20N2O2/c1-2-3-4-9-18-16(19)12-20-14-7-8-15-13(11-14)6-5-10-17-15/h5-8,10-11H,2-4,9,12H2,1H3,(H,18,19). The molecule has 0 saturated heterocycles. The lowest BCUT2D eigenvalue weighted by Gasteiger charge is -2.08.